The van der Waals surface area contributed by atoms with Crippen LogP contribution in [0.5, 0.6) is 0 Å². The van der Waals surface area contributed by atoms with E-state index < -0.39 is 0 Å². The highest BCUT2D eigenvalue weighted by molar-refractivity contribution is 5.98. The van der Waals surface area contributed by atoms with Crippen molar-refractivity contribution in [2.75, 3.05) is 0 Å². The molecular formula is C47H31N5. The van der Waals surface area contributed by atoms with Gasteiger partial charge in [-0.1, -0.05) is 140 Å². The van der Waals surface area contributed by atoms with Crippen LogP contribution in [0.15, 0.2) is 188 Å². The number of benzene rings is 6. The molecule has 0 aliphatic carbocycles. The van der Waals surface area contributed by atoms with E-state index in [4.69, 9.17) is 15.0 Å². The smallest absolute Gasteiger partial charge is 0.182 e. The third-order valence-electron chi connectivity index (χ3n) is 9.28. The second-order valence-electron chi connectivity index (χ2n) is 12.5. The topological polar surface area (TPSA) is 64.5 Å². The summed E-state index contributed by atoms with van der Waals surface area (Å²) < 4.78 is 0. The molecule has 0 N–H and O–H groups in total. The Labute approximate surface area is 302 Å². The maximum Gasteiger partial charge on any atom is 0.182 e. The largest absolute Gasteiger partial charge is 0.253 e. The lowest BCUT2D eigenvalue weighted by Crippen LogP contribution is -2.02. The molecule has 0 fully saturated rings. The summed E-state index contributed by atoms with van der Waals surface area (Å²) in [5.74, 6) is 1.54. The van der Waals surface area contributed by atoms with Gasteiger partial charge < -0.3 is 0 Å². The first kappa shape index (κ1) is 30.9. The standard InChI is InChI=1S/C47H31N5/c1-2-15-33(16-3-1)42-31-36(45-50-46(43-22-10-12-28-48-43)52-47(51-45)44-23-11-13-29-49-44)26-27-41(42)40-21-9-8-20-39(40)38-19-7-6-18-37(38)35-25-24-32-14-4-5-17-34(32)30-35/h1-31H. The van der Waals surface area contributed by atoms with Crippen molar-refractivity contribution < 1.29 is 0 Å². The highest BCUT2D eigenvalue weighted by Gasteiger charge is 2.19. The summed E-state index contributed by atoms with van der Waals surface area (Å²) in [5, 5.41) is 2.45. The van der Waals surface area contributed by atoms with Crippen molar-refractivity contribution in [3.8, 4) is 78.9 Å². The lowest BCUT2D eigenvalue weighted by molar-refractivity contribution is 1.05. The zero-order valence-corrected chi connectivity index (χ0v) is 28.1. The van der Waals surface area contributed by atoms with E-state index in [-0.39, 0.29) is 0 Å². The molecule has 9 rings (SSSR count). The van der Waals surface area contributed by atoms with Gasteiger partial charge in [0.25, 0.3) is 0 Å². The van der Waals surface area contributed by atoms with Crippen molar-refractivity contribution in [1.82, 2.24) is 24.9 Å². The predicted molar refractivity (Wildman–Crippen MR) is 211 cm³/mol. The van der Waals surface area contributed by atoms with Crippen LogP contribution in [0.2, 0.25) is 0 Å². The Bertz CT molecular complexity index is 2620. The molecule has 5 heteroatoms. The molecule has 0 aliphatic rings. The Morgan fingerprint density at radius 1 is 0.269 bits per heavy atom. The Hall–Kier alpha value is -7.11. The lowest BCUT2D eigenvalue weighted by Gasteiger charge is -2.18. The molecule has 0 unspecified atom stereocenters. The maximum atomic E-state index is 4.96. The zero-order valence-electron chi connectivity index (χ0n) is 28.1. The molecule has 5 nitrogen and oxygen atoms in total. The van der Waals surface area contributed by atoms with E-state index in [1.165, 1.54) is 27.5 Å². The van der Waals surface area contributed by atoms with E-state index in [9.17, 15) is 0 Å². The zero-order chi connectivity index (χ0) is 34.7. The van der Waals surface area contributed by atoms with Crippen LogP contribution in [0.25, 0.3) is 89.7 Å². The molecule has 0 atom stereocenters. The number of hydrogen-bond donors (Lipinski definition) is 0. The predicted octanol–water partition coefficient (Wildman–Crippen LogP) is 11.5. The van der Waals surface area contributed by atoms with E-state index in [1.807, 2.05) is 42.5 Å². The van der Waals surface area contributed by atoms with Gasteiger partial charge in [0.15, 0.2) is 17.5 Å². The molecule has 52 heavy (non-hydrogen) atoms. The number of hydrogen-bond acceptors (Lipinski definition) is 5. The summed E-state index contributed by atoms with van der Waals surface area (Å²) in [7, 11) is 0. The minimum absolute atomic E-state index is 0.493. The van der Waals surface area contributed by atoms with Gasteiger partial charge in [0.2, 0.25) is 0 Å². The fourth-order valence-corrected chi connectivity index (χ4v) is 6.78. The Kier molecular flexibility index (Phi) is 8.12. The Balaban J connectivity index is 1.22. The quantitative estimate of drug-likeness (QED) is 0.169. The summed E-state index contributed by atoms with van der Waals surface area (Å²) in [4.78, 5) is 23.8. The second-order valence-corrected chi connectivity index (χ2v) is 12.5. The molecule has 0 radical (unpaired) electrons. The third-order valence-corrected chi connectivity index (χ3v) is 9.28. The van der Waals surface area contributed by atoms with Crippen molar-refractivity contribution in [2.45, 2.75) is 0 Å². The molecule has 0 bridgehead atoms. The molecule has 6 aromatic carbocycles. The summed E-state index contributed by atoms with van der Waals surface area (Å²) in [6.45, 7) is 0. The van der Waals surface area contributed by atoms with Crippen LogP contribution in [-0.2, 0) is 0 Å². The first-order chi connectivity index (χ1) is 25.8. The van der Waals surface area contributed by atoms with Crippen LogP contribution < -0.4 is 0 Å². The fourth-order valence-electron chi connectivity index (χ4n) is 6.78. The van der Waals surface area contributed by atoms with E-state index in [1.54, 1.807) is 12.4 Å². The summed E-state index contributed by atoms with van der Waals surface area (Å²) in [5.41, 5.74) is 11.3. The van der Waals surface area contributed by atoms with Gasteiger partial charge in [-0.05, 0) is 91.7 Å². The van der Waals surface area contributed by atoms with Gasteiger partial charge in [0.05, 0.1) is 0 Å². The average molecular weight is 666 g/mol. The third kappa shape index (κ3) is 6.01. The van der Waals surface area contributed by atoms with E-state index in [2.05, 4.69) is 143 Å². The highest BCUT2D eigenvalue weighted by Crippen LogP contribution is 2.43. The van der Waals surface area contributed by atoms with Gasteiger partial charge >= 0.3 is 0 Å². The van der Waals surface area contributed by atoms with Gasteiger partial charge in [-0.3, -0.25) is 9.97 Å². The SMILES string of the molecule is c1ccc(-c2cc(-c3nc(-c4ccccn4)nc(-c4ccccn4)n3)ccc2-c2ccccc2-c2ccccc2-c2ccc3ccccc3c2)cc1. The average Bonchev–Trinajstić information content (AvgIpc) is 3.24. The van der Waals surface area contributed by atoms with Crippen LogP contribution in [0, 0.1) is 0 Å². The summed E-state index contributed by atoms with van der Waals surface area (Å²) >= 11 is 0. The van der Waals surface area contributed by atoms with Crippen molar-refractivity contribution in [1.29, 1.82) is 0 Å². The maximum absolute atomic E-state index is 4.96. The number of fused-ring (bicyclic) bond motifs is 1. The normalized spacial score (nSPS) is 11.1. The van der Waals surface area contributed by atoms with Gasteiger partial charge in [0.1, 0.15) is 11.4 Å². The number of aromatic nitrogens is 5. The molecule has 244 valence electrons. The van der Waals surface area contributed by atoms with E-state index in [0.717, 1.165) is 33.4 Å². The van der Waals surface area contributed by atoms with E-state index >= 15 is 0 Å². The highest BCUT2D eigenvalue weighted by atomic mass is 15.1. The summed E-state index contributed by atoms with van der Waals surface area (Å²) in [6.07, 6.45) is 3.49. The Morgan fingerprint density at radius 2 is 0.769 bits per heavy atom. The Morgan fingerprint density at radius 3 is 1.40 bits per heavy atom. The number of pyridine rings is 2. The van der Waals surface area contributed by atoms with Crippen LogP contribution in [-0.4, -0.2) is 24.9 Å². The van der Waals surface area contributed by atoms with Gasteiger partial charge in [0, 0.05) is 18.0 Å². The van der Waals surface area contributed by atoms with Crippen LogP contribution in [0.4, 0.5) is 0 Å². The van der Waals surface area contributed by atoms with Crippen LogP contribution in [0.3, 0.4) is 0 Å². The van der Waals surface area contributed by atoms with Crippen molar-refractivity contribution in [2.24, 2.45) is 0 Å². The minimum Gasteiger partial charge on any atom is -0.253 e. The number of nitrogens with zero attached hydrogens (tertiary/aromatic N) is 5. The molecule has 3 heterocycles. The minimum atomic E-state index is 0.493. The second kappa shape index (κ2) is 13.7. The van der Waals surface area contributed by atoms with Crippen molar-refractivity contribution >= 4 is 10.8 Å². The van der Waals surface area contributed by atoms with Crippen LogP contribution in [0.1, 0.15) is 0 Å². The molecule has 0 amide bonds. The van der Waals surface area contributed by atoms with Crippen molar-refractivity contribution in [3.63, 3.8) is 0 Å². The molecular weight excluding hydrogens is 635 g/mol. The summed E-state index contributed by atoms with van der Waals surface area (Å²) in [6, 6.07) is 61.0. The van der Waals surface area contributed by atoms with Gasteiger partial charge in [-0.15, -0.1) is 0 Å². The molecule has 0 saturated carbocycles. The molecule has 0 spiro atoms. The molecule has 0 saturated heterocycles. The lowest BCUT2D eigenvalue weighted by atomic mass is 9.86. The molecule has 0 aliphatic heterocycles. The molecule has 9 aromatic rings. The monoisotopic (exact) mass is 665 g/mol. The van der Waals surface area contributed by atoms with Crippen LogP contribution >= 0.6 is 0 Å². The fraction of sp³-hybridized carbons (Fsp3) is 0. The van der Waals surface area contributed by atoms with Gasteiger partial charge in [-0.25, -0.2) is 15.0 Å². The van der Waals surface area contributed by atoms with Crippen molar-refractivity contribution in [3.05, 3.63) is 188 Å². The van der Waals surface area contributed by atoms with E-state index in [0.29, 0.717) is 28.9 Å². The molecule has 3 aromatic heterocycles. The number of rotatable bonds is 7. The first-order valence-electron chi connectivity index (χ1n) is 17.3. The van der Waals surface area contributed by atoms with Gasteiger partial charge in [-0.2, -0.15) is 0 Å². The first-order valence-corrected chi connectivity index (χ1v) is 17.3.